The predicted molar refractivity (Wildman–Crippen MR) is 107 cm³/mol. The van der Waals surface area contributed by atoms with Crippen molar-refractivity contribution in [3.8, 4) is 22.6 Å². The highest BCUT2D eigenvalue weighted by atomic mass is 32.2. The number of hydrogen-bond donors (Lipinski definition) is 0. The molecule has 27 heavy (non-hydrogen) atoms. The van der Waals surface area contributed by atoms with Gasteiger partial charge in [-0.2, -0.15) is 0 Å². The van der Waals surface area contributed by atoms with E-state index in [2.05, 4.69) is 58.7 Å². The molecule has 5 rings (SSSR count). The Kier molecular flexibility index (Phi) is 3.94. The van der Waals surface area contributed by atoms with Crippen molar-refractivity contribution in [1.29, 1.82) is 0 Å². The Morgan fingerprint density at radius 1 is 0.852 bits per heavy atom. The first-order valence-corrected chi connectivity index (χ1v) is 9.63. The van der Waals surface area contributed by atoms with E-state index in [0.29, 0.717) is 0 Å². The number of thioether (sulfide) groups is 1. The van der Waals surface area contributed by atoms with Gasteiger partial charge in [-0.15, -0.1) is 10.2 Å². The van der Waals surface area contributed by atoms with Crippen molar-refractivity contribution >= 4 is 11.8 Å². The number of methoxy groups -OCH3 is 1. The van der Waals surface area contributed by atoms with Crippen molar-refractivity contribution in [3.05, 3.63) is 90.3 Å². The predicted octanol–water partition coefficient (Wildman–Crippen LogP) is 5.14. The molecule has 0 amide bonds. The molecule has 0 saturated heterocycles. The Morgan fingerprint density at radius 2 is 1.48 bits per heavy atom. The summed E-state index contributed by atoms with van der Waals surface area (Å²) in [6, 6.07) is 25.1. The summed E-state index contributed by atoms with van der Waals surface area (Å²) in [7, 11) is 1.68. The van der Waals surface area contributed by atoms with E-state index in [0.717, 1.165) is 16.6 Å². The molecule has 1 aliphatic carbocycles. The van der Waals surface area contributed by atoms with Crippen molar-refractivity contribution in [3.63, 3.8) is 0 Å². The van der Waals surface area contributed by atoms with E-state index in [1.165, 1.54) is 22.3 Å². The van der Waals surface area contributed by atoms with Crippen LogP contribution in [-0.4, -0.2) is 21.9 Å². The lowest BCUT2D eigenvalue weighted by atomic mass is 10.1. The van der Waals surface area contributed by atoms with Crippen LogP contribution >= 0.6 is 11.8 Å². The number of para-hydroxylation sites is 2. The third-order valence-corrected chi connectivity index (χ3v) is 6.09. The summed E-state index contributed by atoms with van der Waals surface area (Å²) < 4.78 is 7.51. The molecule has 0 aliphatic heterocycles. The van der Waals surface area contributed by atoms with E-state index < -0.39 is 0 Å². The summed E-state index contributed by atoms with van der Waals surface area (Å²) in [6.07, 6.45) is 1.74. The molecule has 132 valence electrons. The zero-order valence-corrected chi connectivity index (χ0v) is 15.6. The number of nitrogens with zero attached hydrogens (tertiary/aromatic N) is 3. The first-order chi connectivity index (χ1) is 13.4. The first kappa shape index (κ1) is 16.1. The van der Waals surface area contributed by atoms with E-state index >= 15 is 0 Å². The molecular weight excluding hydrogens is 354 g/mol. The summed E-state index contributed by atoms with van der Waals surface area (Å²) in [5.74, 6) is 0.798. The molecule has 5 heteroatoms. The third kappa shape index (κ3) is 2.62. The Hall–Kier alpha value is -3.05. The van der Waals surface area contributed by atoms with Gasteiger partial charge >= 0.3 is 0 Å². The topological polar surface area (TPSA) is 39.9 Å². The summed E-state index contributed by atoms with van der Waals surface area (Å²) in [6.45, 7) is 0. The van der Waals surface area contributed by atoms with E-state index in [-0.39, 0.29) is 5.25 Å². The van der Waals surface area contributed by atoms with Crippen LogP contribution in [0.1, 0.15) is 16.4 Å². The van der Waals surface area contributed by atoms with Gasteiger partial charge in [-0.05, 0) is 34.4 Å². The van der Waals surface area contributed by atoms with Crippen LogP contribution < -0.4 is 4.74 Å². The van der Waals surface area contributed by atoms with E-state index in [1.54, 1.807) is 25.2 Å². The van der Waals surface area contributed by atoms with Gasteiger partial charge in [0.15, 0.2) is 5.16 Å². The van der Waals surface area contributed by atoms with Crippen LogP contribution in [-0.2, 0) is 0 Å². The van der Waals surface area contributed by atoms with Crippen molar-refractivity contribution < 1.29 is 4.74 Å². The lowest BCUT2D eigenvalue weighted by molar-refractivity contribution is 0.412. The van der Waals surface area contributed by atoms with Crippen LogP contribution in [0.25, 0.3) is 16.8 Å². The molecule has 0 spiro atoms. The second kappa shape index (κ2) is 6.59. The lowest BCUT2D eigenvalue weighted by Crippen LogP contribution is -2.00. The second-order valence-electron chi connectivity index (χ2n) is 6.33. The van der Waals surface area contributed by atoms with E-state index in [4.69, 9.17) is 4.74 Å². The molecule has 4 nitrogen and oxygen atoms in total. The highest BCUT2D eigenvalue weighted by molar-refractivity contribution is 7.99. The van der Waals surface area contributed by atoms with Gasteiger partial charge in [-0.1, -0.05) is 72.4 Å². The molecule has 1 aromatic heterocycles. The minimum Gasteiger partial charge on any atom is -0.495 e. The Bertz CT molecular complexity index is 1080. The monoisotopic (exact) mass is 371 g/mol. The van der Waals surface area contributed by atoms with Gasteiger partial charge in [0.25, 0.3) is 0 Å². The summed E-state index contributed by atoms with van der Waals surface area (Å²) in [4.78, 5) is 0. The lowest BCUT2D eigenvalue weighted by Gasteiger charge is -2.15. The summed E-state index contributed by atoms with van der Waals surface area (Å²) >= 11 is 1.72. The number of aromatic nitrogens is 3. The zero-order chi connectivity index (χ0) is 18.2. The molecule has 0 bridgehead atoms. The highest BCUT2D eigenvalue weighted by Gasteiger charge is 2.30. The minimum absolute atomic E-state index is 0.190. The molecular formula is C22H17N3OS. The molecule has 0 unspecified atom stereocenters. The fourth-order valence-electron chi connectivity index (χ4n) is 3.64. The Morgan fingerprint density at radius 3 is 2.19 bits per heavy atom. The maximum Gasteiger partial charge on any atom is 0.196 e. The van der Waals surface area contributed by atoms with Gasteiger partial charge in [-0.3, -0.25) is 4.57 Å². The molecule has 0 saturated carbocycles. The number of rotatable bonds is 4. The van der Waals surface area contributed by atoms with Crippen molar-refractivity contribution in [1.82, 2.24) is 14.8 Å². The van der Waals surface area contributed by atoms with Gasteiger partial charge < -0.3 is 4.74 Å². The average molecular weight is 371 g/mol. The minimum atomic E-state index is 0.190. The maximum absolute atomic E-state index is 5.52. The molecule has 1 aliphatic rings. The van der Waals surface area contributed by atoms with Gasteiger partial charge in [0.1, 0.15) is 12.1 Å². The van der Waals surface area contributed by atoms with Gasteiger partial charge in [0.2, 0.25) is 0 Å². The van der Waals surface area contributed by atoms with Crippen LogP contribution in [0.15, 0.2) is 84.3 Å². The average Bonchev–Trinajstić information content (AvgIpc) is 3.32. The quantitative estimate of drug-likeness (QED) is 0.498. The summed E-state index contributed by atoms with van der Waals surface area (Å²) in [5, 5.41) is 9.60. The molecule has 0 fully saturated rings. The van der Waals surface area contributed by atoms with Crippen LogP contribution in [0, 0.1) is 0 Å². The van der Waals surface area contributed by atoms with Crippen LogP contribution in [0.3, 0.4) is 0 Å². The normalized spacial score (nSPS) is 12.6. The Labute approximate surface area is 161 Å². The third-order valence-electron chi connectivity index (χ3n) is 4.86. The smallest absolute Gasteiger partial charge is 0.196 e. The van der Waals surface area contributed by atoms with E-state index in [1.807, 2.05) is 28.8 Å². The SMILES string of the molecule is COc1ccccc1-n1cnnc1SC1c2ccccc2-c2ccccc21. The maximum atomic E-state index is 5.52. The van der Waals surface area contributed by atoms with Crippen molar-refractivity contribution in [2.75, 3.05) is 7.11 Å². The first-order valence-electron chi connectivity index (χ1n) is 8.75. The van der Waals surface area contributed by atoms with E-state index in [9.17, 15) is 0 Å². The van der Waals surface area contributed by atoms with Crippen LogP contribution in [0.2, 0.25) is 0 Å². The number of benzene rings is 3. The van der Waals surface area contributed by atoms with Gasteiger partial charge in [0, 0.05) is 0 Å². The number of hydrogen-bond acceptors (Lipinski definition) is 4. The fraction of sp³-hybridized carbons (Fsp3) is 0.0909. The fourth-order valence-corrected chi connectivity index (χ4v) is 4.87. The summed E-state index contributed by atoms with van der Waals surface area (Å²) in [5.41, 5.74) is 6.17. The number of fused-ring (bicyclic) bond motifs is 3. The number of ether oxygens (including phenoxy) is 1. The largest absolute Gasteiger partial charge is 0.495 e. The highest BCUT2D eigenvalue weighted by Crippen LogP contribution is 2.51. The molecule has 0 N–H and O–H groups in total. The Balaban J connectivity index is 1.59. The van der Waals surface area contributed by atoms with Crippen molar-refractivity contribution in [2.24, 2.45) is 0 Å². The van der Waals surface area contributed by atoms with Crippen LogP contribution in [0.5, 0.6) is 5.75 Å². The second-order valence-corrected chi connectivity index (χ2v) is 7.40. The van der Waals surface area contributed by atoms with Crippen molar-refractivity contribution in [2.45, 2.75) is 10.4 Å². The molecule has 4 aromatic rings. The van der Waals surface area contributed by atoms with Crippen LogP contribution in [0.4, 0.5) is 0 Å². The van der Waals surface area contributed by atoms with Gasteiger partial charge in [-0.25, -0.2) is 0 Å². The standard InChI is InChI=1S/C22H17N3OS/c1-26-20-13-7-6-12-19(20)25-14-23-24-22(25)27-21-17-10-4-2-8-15(17)16-9-3-5-11-18(16)21/h2-14,21H,1H3. The molecule has 3 aromatic carbocycles. The molecule has 0 atom stereocenters. The molecule has 0 radical (unpaired) electrons. The molecule has 1 heterocycles. The zero-order valence-electron chi connectivity index (χ0n) is 14.7. The van der Waals surface area contributed by atoms with Gasteiger partial charge in [0.05, 0.1) is 18.0 Å².